The first-order chi connectivity index (χ1) is 9.20. The Hall–Kier alpha value is -1.11. The van der Waals surface area contributed by atoms with E-state index in [1.54, 1.807) is 17.1 Å². The maximum atomic E-state index is 10.1. The van der Waals surface area contributed by atoms with Gasteiger partial charge in [0.15, 0.2) is 0 Å². The highest BCUT2D eigenvalue weighted by atomic mass is 16.3. The molecule has 1 saturated carbocycles. The minimum absolute atomic E-state index is 0.383. The van der Waals surface area contributed by atoms with Gasteiger partial charge in [-0.25, -0.2) is 0 Å². The number of aliphatic hydroxyl groups is 1. The van der Waals surface area contributed by atoms with E-state index in [0.29, 0.717) is 12.2 Å². The lowest BCUT2D eigenvalue weighted by molar-refractivity contribution is 0.0604. The number of aliphatic hydroxyl groups excluding tert-OH is 1. The minimum Gasteiger partial charge on any atom is -0.396 e. The van der Waals surface area contributed by atoms with Crippen molar-refractivity contribution in [3.05, 3.63) is 12.4 Å². The van der Waals surface area contributed by atoms with Crippen LogP contribution in [-0.2, 0) is 6.54 Å². The summed E-state index contributed by atoms with van der Waals surface area (Å²) in [6, 6.07) is 0.860. The average molecular weight is 265 g/mol. The highest BCUT2D eigenvalue weighted by Gasteiger charge is 2.31. The van der Waals surface area contributed by atoms with Crippen LogP contribution in [0.15, 0.2) is 12.4 Å². The Morgan fingerprint density at radius 2 is 2.00 bits per heavy atom. The maximum absolute atomic E-state index is 10.1. The molecule has 106 valence electrons. The fourth-order valence-corrected chi connectivity index (χ4v) is 2.80. The SMILES string of the molecule is Nc1cnn(CC(O)CN2CCN(C3CC3)CC2)c1. The molecule has 3 rings (SSSR count). The average Bonchev–Trinajstić information content (AvgIpc) is 3.15. The molecule has 0 spiro atoms. The van der Waals surface area contributed by atoms with Gasteiger partial charge in [0.25, 0.3) is 0 Å². The summed E-state index contributed by atoms with van der Waals surface area (Å²) in [6.45, 7) is 5.65. The number of anilines is 1. The number of nitrogen functional groups attached to an aromatic ring is 1. The molecule has 0 aromatic carbocycles. The number of nitrogens with two attached hydrogens (primary N) is 1. The number of hydrogen-bond acceptors (Lipinski definition) is 5. The lowest BCUT2D eigenvalue weighted by Gasteiger charge is -2.35. The quantitative estimate of drug-likeness (QED) is 0.758. The lowest BCUT2D eigenvalue weighted by atomic mass is 10.2. The topological polar surface area (TPSA) is 70.5 Å². The van der Waals surface area contributed by atoms with Crippen molar-refractivity contribution in [2.45, 2.75) is 31.5 Å². The number of aromatic nitrogens is 2. The normalized spacial score (nSPS) is 23.6. The molecule has 2 aliphatic rings. The smallest absolute Gasteiger partial charge is 0.0862 e. The molecule has 1 atom stereocenters. The molecule has 0 radical (unpaired) electrons. The predicted octanol–water partition coefficient (Wildman–Crippen LogP) is -0.394. The summed E-state index contributed by atoms with van der Waals surface area (Å²) in [5, 5.41) is 14.2. The van der Waals surface area contributed by atoms with Crippen LogP contribution in [0.3, 0.4) is 0 Å². The molecule has 19 heavy (non-hydrogen) atoms. The summed E-state index contributed by atoms with van der Waals surface area (Å²) < 4.78 is 1.71. The first-order valence-electron chi connectivity index (χ1n) is 7.13. The monoisotopic (exact) mass is 265 g/mol. The number of β-amino-alcohol motifs (C(OH)–C–C–N with tert-alkyl or cyclic N) is 1. The molecule has 1 aliphatic carbocycles. The van der Waals surface area contributed by atoms with Gasteiger partial charge < -0.3 is 10.8 Å². The van der Waals surface area contributed by atoms with E-state index in [1.165, 1.54) is 12.8 Å². The van der Waals surface area contributed by atoms with E-state index in [-0.39, 0.29) is 6.10 Å². The first-order valence-corrected chi connectivity index (χ1v) is 7.13. The van der Waals surface area contributed by atoms with E-state index in [9.17, 15) is 5.11 Å². The summed E-state index contributed by atoms with van der Waals surface area (Å²) in [7, 11) is 0. The van der Waals surface area contributed by atoms with Gasteiger partial charge in [-0.15, -0.1) is 0 Å². The summed E-state index contributed by atoms with van der Waals surface area (Å²) in [5.74, 6) is 0. The van der Waals surface area contributed by atoms with E-state index >= 15 is 0 Å². The van der Waals surface area contributed by atoms with Crippen molar-refractivity contribution in [2.24, 2.45) is 0 Å². The van der Waals surface area contributed by atoms with Crippen LogP contribution < -0.4 is 5.73 Å². The zero-order valence-corrected chi connectivity index (χ0v) is 11.3. The Labute approximate surface area is 113 Å². The fourth-order valence-electron chi connectivity index (χ4n) is 2.80. The van der Waals surface area contributed by atoms with Crippen molar-refractivity contribution in [1.29, 1.82) is 0 Å². The van der Waals surface area contributed by atoms with Crippen LogP contribution in [-0.4, -0.2) is 69.6 Å². The number of piperazine rings is 1. The third-order valence-electron chi connectivity index (χ3n) is 3.99. The van der Waals surface area contributed by atoms with Crippen LogP contribution >= 0.6 is 0 Å². The molecule has 3 N–H and O–H groups in total. The molecule has 0 bridgehead atoms. The van der Waals surface area contributed by atoms with Crippen molar-refractivity contribution in [1.82, 2.24) is 19.6 Å². The van der Waals surface area contributed by atoms with Gasteiger partial charge in [0.05, 0.1) is 24.5 Å². The lowest BCUT2D eigenvalue weighted by Crippen LogP contribution is -2.49. The molecule has 1 aromatic heterocycles. The Bertz CT molecular complexity index is 409. The second kappa shape index (κ2) is 5.48. The summed E-state index contributed by atoms with van der Waals surface area (Å²) in [5.41, 5.74) is 6.25. The van der Waals surface area contributed by atoms with E-state index in [0.717, 1.165) is 38.8 Å². The molecule has 6 nitrogen and oxygen atoms in total. The summed E-state index contributed by atoms with van der Waals surface area (Å²) >= 11 is 0. The van der Waals surface area contributed by atoms with Crippen molar-refractivity contribution < 1.29 is 5.11 Å². The second-order valence-electron chi connectivity index (χ2n) is 5.72. The third-order valence-corrected chi connectivity index (χ3v) is 3.99. The molecule has 1 aliphatic heterocycles. The van der Waals surface area contributed by atoms with E-state index in [4.69, 9.17) is 5.73 Å². The van der Waals surface area contributed by atoms with Gasteiger partial charge in [-0.05, 0) is 12.8 Å². The van der Waals surface area contributed by atoms with E-state index in [1.807, 2.05) is 0 Å². The van der Waals surface area contributed by atoms with E-state index < -0.39 is 0 Å². The van der Waals surface area contributed by atoms with Crippen molar-refractivity contribution >= 4 is 5.69 Å². The van der Waals surface area contributed by atoms with Gasteiger partial charge in [-0.3, -0.25) is 14.5 Å². The molecule has 0 amide bonds. The molecule has 6 heteroatoms. The molecular weight excluding hydrogens is 242 g/mol. The number of hydrogen-bond donors (Lipinski definition) is 2. The van der Waals surface area contributed by atoms with Gasteiger partial charge in [0.2, 0.25) is 0 Å². The second-order valence-corrected chi connectivity index (χ2v) is 5.72. The van der Waals surface area contributed by atoms with Crippen LogP contribution in [0.4, 0.5) is 5.69 Å². The van der Waals surface area contributed by atoms with Crippen molar-refractivity contribution in [3.63, 3.8) is 0 Å². The van der Waals surface area contributed by atoms with Crippen LogP contribution in [0.2, 0.25) is 0 Å². The third kappa shape index (κ3) is 3.46. The standard InChI is InChI=1S/C13H23N5O/c14-11-7-15-18(8-11)10-13(19)9-16-3-5-17(6-4-16)12-1-2-12/h7-8,12-13,19H,1-6,9-10,14H2. The number of rotatable bonds is 5. The van der Waals surface area contributed by atoms with Gasteiger partial charge in [-0.1, -0.05) is 0 Å². The predicted molar refractivity (Wildman–Crippen MR) is 73.7 cm³/mol. The minimum atomic E-state index is -0.383. The highest BCUT2D eigenvalue weighted by molar-refractivity contribution is 5.30. The molecule has 1 saturated heterocycles. The summed E-state index contributed by atoms with van der Waals surface area (Å²) in [6.07, 6.45) is 5.74. The molecule has 1 aromatic rings. The molecule has 2 fully saturated rings. The fraction of sp³-hybridized carbons (Fsp3) is 0.769. The molecular formula is C13H23N5O. The Kier molecular flexibility index (Phi) is 3.72. The Morgan fingerprint density at radius 3 is 2.58 bits per heavy atom. The maximum Gasteiger partial charge on any atom is 0.0862 e. The largest absolute Gasteiger partial charge is 0.396 e. The van der Waals surface area contributed by atoms with Gasteiger partial charge in [0.1, 0.15) is 0 Å². The van der Waals surface area contributed by atoms with Crippen molar-refractivity contribution in [2.75, 3.05) is 38.5 Å². The highest BCUT2D eigenvalue weighted by Crippen LogP contribution is 2.27. The van der Waals surface area contributed by atoms with Crippen molar-refractivity contribution in [3.8, 4) is 0 Å². The van der Waals surface area contributed by atoms with Gasteiger partial charge in [-0.2, -0.15) is 5.10 Å². The van der Waals surface area contributed by atoms with Crippen LogP contribution in [0, 0.1) is 0 Å². The Balaban J connectivity index is 1.41. The molecule has 2 heterocycles. The first kappa shape index (κ1) is 12.9. The molecule has 1 unspecified atom stereocenters. The summed E-state index contributed by atoms with van der Waals surface area (Å²) in [4.78, 5) is 4.92. The van der Waals surface area contributed by atoms with Gasteiger partial charge >= 0.3 is 0 Å². The van der Waals surface area contributed by atoms with Crippen LogP contribution in [0.5, 0.6) is 0 Å². The zero-order valence-electron chi connectivity index (χ0n) is 11.3. The number of nitrogens with zero attached hydrogens (tertiary/aromatic N) is 4. The van der Waals surface area contributed by atoms with E-state index in [2.05, 4.69) is 14.9 Å². The van der Waals surface area contributed by atoms with Crippen LogP contribution in [0.25, 0.3) is 0 Å². The Morgan fingerprint density at radius 1 is 1.26 bits per heavy atom. The zero-order chi connectivity index (χ0) is 13.2. The van der Waals surface area contributed by atoms with Crippen LogP contribution in [0.1, 0.15) is 12.8 Å². The van der Waals surface area contributed by atoms with Gasteiger partial charge in [0, 0.05) is 45.0 Å².